The van der Waals surface area contributed by atoms with E-state index in [1.165, 1.54) is 6.42 Å². The summed E-state index contributed by atoms with van der Waals surface area (Å²) in [5.74, 6) is 0. The largest absolute Gasteiger partial charge is 0.119 e. The molecular formula is C6H7I. The molecule has 38 valence electrons. The molecule has 0 saturated heterocycles. The van der Waals surface area contributed by atoms with Gasteiger partial charge in [0.15, 0.2) is 0 Å². The predicted molar refractivity (Wildman–Crippen MR) is 42.0 cm³/mol. The third-order valence-electron chi connectivity index (χ3n) is 0.805. The molecule has 0 aliphatic carbocycles. The van der Waals surface area contributed by atoms with Gasteiger partial charge in [-0.1, -0.05) is 20.7 Å². The Balaban J connectivity index is 2.77. The van der Waals surface area contributed by atoms with Crippen LogP contribution in [0.15, 0.2) is 15.9 Å². The van der Waals surface area contributed by atoms with Gasteiger partial charge in [-0.3, -0.25) is 0 Å². The minimum Gasteiger partial charge on any atom is -0.119 e. The fourth-order valence-electron chi connectivity index (χ4n) is 0.413. The van der Waals surface area contributed by atoms with Gasteiger partial charge in [0.25, 0.3) is 0 Å². The van der Waals surface area contributed by atoms with Gasteiger partial charge in [-0.05, 0) is 22.9 Å². The molecule has 1 aliphatic rings. The van der Waals surface area contributed by atoms with Crippen LogP contribution in [-0.4, -0.2) is 3.51 Å². The minimum absolute atomic E-state index is 0.301. The van der Waals surface area contributed by atoms with Crippen LogP contribution < -0.4 is 0 Å². The van der Waals surface area contributed by atoms with Gasteiger partial charge in [0.2, 0.25) is 0 Å². The lowest BCUT2D eigenvalue weighted by molar-refractivity contribution is 1.51. The highest BCUT2D eigenvalue weighted by Crippen LogP contribution is 2.08. The molecule has 0 spiro atoms. The van der Waals surface area contributed by atoms with Crippen molar-refractivity contribution in [2.24, 2.45) is 0 Å². The van der Waals surface area contributed by atoms with Crippen LogP contribution in [-0.2, 0) is 0 Å². The zero-order valence-corrected chi connectivity index (χ0v) is 6.40. The molecule has 1 aliphatic heterocycles. The van der Waals surface area contributed by atoms with E-state index < -0.39 is 0 Å². The maximum Gasteiger partial charge on any atom is 0.0130 e. The van der Waals surface area contributed by atoms with Gasteiger partial charge in [-0.25, -0.2) is 0 Å². The van der Waals surface area contributed by atoms with E-state index in [4.69, 9.17) is 0 Å². The molecule has 1 rings (SSSR count). The molecule has 0 aromatic carbocycles. The summed E-state index contributed by atoms with van der Waals surface area (Å²) in [5, 5.41) is 0. The second kappa shape index (κ2) is 2.43. The molecule has 0 aromatic rings. The van der Waals surface area contributed by atoms with Crippen molar-refractivity contribution in [3.8, 4) is 0 Å². The quantitative estimate of drug-likeness (QED) is 0.421. The Morgan fingerprint density at radius 2 is 2.71 bits per heavy atom. The van der Waals surface area contributed by atoms with Crippen molar-refractivity contribution in [1.29, 1.82) is 0 Å². The third-order valence-corrected chi connectivity index (χ3v) is 2.98. The average molecular weight is 206 g/mol. The van der Waals surface area contributed by atoms with Gasteiger partial charge >= 0.3 is 0 Å². The molecule has 0 fully saturated rings. The van der Waals surface area contributed by atoms with Crippen molar-refractivity contribution >= 4 is 24.2 Å². The standard InChI is InChI=1S/C6H7I/c1-6-4-2-3-5-7-6/h2,5H,4H2,1H3. The zero-order valence-electron chi connectivity index (χ0n) is 4.24. The van der Waals surface area contributed by atoms with Crippen molar-refractivity contribution in [1.82, 2.24) is 0 Å². The van der Waals surface area contributed by atoms with Crippen LogP contribution in [0.25, 0.3) is 0 Å². The molecule has 0 atom stereocenters. The highest BCUT2D eigenvalue weighted by atomic mass is 127. The van der Waals surface area contributed by atoms with Crippen LogP contribution in [0.1, 0.15) is 13.3 Å². The van der Waals surface area contributed by atoms with E-state index in [1.54, 1.807) is 3.51 Å². The van der Waals surface area contributed by atoms with E-state index in [0.29, 0.717) is 20.7 Å². The van der Waals surface area contributed by atoms with Gasteiger partial charge in [-0.15, -0.1) is 5.73 Å². The van der Waals surface area contributed by atoms with Gasteiger partial charge in [0, 0.05) is 4.08 Å². The minimum atomic E-state index is 0.301. The fraction of sp³-hybridized carbons (Fsp3) is 0.333. The Morgan fingerprint density at radius 3 is 3.00 bits per heavy atom. The van der Waals surface area contributed by atoms with Gasteiger partial charge in [0.05, 0.1) is 0 Å². The molecular weight excluding hydrogens is 199 g/mol. The number of halogens is 1. The van der Waals surface area contributed by atoms with E-state index in [1.807, 2.05) is 0 Å². The molecule has 1 heterocycles. The first-order valence-electron chi connectivity index (χ1n) is 2.25. The molecule has 0 bridgehead atoms. The Hall–Kier alpha value is 0.120. The molecule has 0 unspecified atom stereocenters. The molecule has 0 amide bonds. The van der Waals surface area contributed by atoms with E-state index in [-0.39, 0.29) is 0 Å². The summed E-state index contributed by atoms with van der Waals surface area (Å²) >= 11 is 0.301. The molecule has 0 aromatic heterocycles. The molecule has 1 heteroatoms. The summed E-state index contributed by atoms with van der Waals surface area (Å²) in [5.41, 5.74) is 3.09. The summed E-state index contributed by atoms with van der Waals surface area (Å²) in [6.07, 6.45) is 3.28. The first-order valence-corrected chi connectivity index (χ1v) is 4.57. The highest BCUT2D eigenvalue weighted by Gasteiger charge is 1.84. The van der Waals surface area contributed by atoms with Crippen molar-refractivity contribution < 1.29 is 0 Å². The first kappa shape index (κ1) is 5.26. The maximum atomic E-state index is 3.09. The molecule has 0 radical (unpaired) electrons. The van der Waals surface area contributed by atoms with Crippen LogP contribution in [0.2, 0.25) is 0 Å². The van der Waals surface area contributed by atoms with E-state index in [9.17, 15) is 0 Å². The van der Waals surface area contributed by atoms with Crippen molar-refractivity contribution in [2.75, 3.05) is 0 Å². The molecule has 7 heavy (non-hydrogen) atoms. The van der Waals surface area contributed by atoms with Crippen molar-refractivity contribution in [2.45, 2.75) is 13.3 Å². The third kappa shape index (κ3) is 1.58. The fourth-order valence-corrected chi connectivity index (χ4v) is 1.85. The Labute approximate surface area is 53.7 Å². The Morgan fingerprint density at radius 1 is 1.86 bits per heavy atom. The van der Waals surface area contributed by atoms with Gasteiger partial charge in [0.1, 0.15) is 0 Å². The second-order valence-corrected chi connectivity index (χ2v) is 4.56. The SMILES string of the molecule is CC1=IC=C=CC1. The van der Waals surface area contributed by atoms with Crippen LogP contribution in [0.5, 0.6) is 0 Å². The van der Waals surface area contributed by atoms with E-state index in [0.717, 1.165) is 0 Å². The summed E-state index contributed by atoms with van der Waals surface area (Å²) in [7, 11) is 0. The summed E-state index contributed by atoms with van der Waals surface area (Å²) < 4.78 is 3.83. The van der Waals surface area contributed by atoms with Gasteiger partial charge in [-0.2, -0.15) is 0 Å². The lowest BCUT2D eigenvalue weighted by Crippen LogP contribution is -1.81. The van der Waals surface area contributed by atoms with Crippen molar-refractivity contribution in [3.63, 3.8) is 0 Å². The number of allylic oxidation sites excluding steroid dienone is 1. The maximum absolute atomic E-state index is 3.09. The van der Waals surface area contributed by atoms with Gasteiger partial charge < -0.3 is 0 Å². The van der Waals surface area contributed by atoms with Crippen LogP contribution in [0.4, 0.5) is 0 Å². The first-order chi connectivity index (χ1) is 3.39. The number of rotatable bonds is 0. The normalized spacial score (nSPS) is 18.1. The smallest absolute Gasteiger partial charge is 0.0130 e. The van der Waals surface area contributed by atoms with Crippen LogP contribution >= 0.6 is 20.7 Å². The lowest BCUT2D eigenvalue weighted by Gasteiger charge is -1.90. The Bertz CT molecular complexity index is 148. The predicted octanol–water partition coefficient (Wildman–Crippen LogP) is 2.22. The number of hydrogen-bond acceptors (Lipinski definition) is 0. The Kier molecular flexibility index (Phi) is 1.83. The van der Waals surface area contributed by atoms with Crippen LogP contribution in [0, 0.1) is 0 Å². The molecule has 0 N–H and O–H groups in total. The molecule has 0 nitrogen and oxygen atoms in total. The van der Waals surface area contributed by atoms with E-state index in [2.05, 4.69) is 22.8 Å². The van der Waals surface area contributed by atoms with E-state index >= 15 is 0 Å². The summed E-state index contributed by atoms with van der Waals surface area (Å²) in [6, 6.07) is 0. The average Bonchev–Trinajstić information content (AvgIpc) is 1.69. The lowest BCUT2D eigenvalue weighted by atomic mass is 10.3. The summed E-state index contributed by atoms with van der Waals surface area (Å²) in [4.78, 5) is 0. The molecule has 0 saturated carbocycles. The zero-order chi connectivity index (χ0) is 5.11. The number of hydrogen-bond donors (Lipinski definition) is 0. The van der Waals surface area contributed by atoms with Crippen molar-refractivity contribution in [3.05, 3.63) is 15.9 Å². The topological polar surface area (TPSA) is 0 Å². The monoisotopic (exact) mass is 206 g/mol. The second-order valence-electron chi connectivity index (χ2n) is 1.47. The van der Waals surface area contributed by atoms with Crippen LogP contribution in [0.3, 0.4) is 0 Å². The highest BCUT2D eigenvalue weighted by molar-refractivity contribution is 14.2. The summed E-state index contributed by atoms with van der Waals surface area (Å²) in [6.45, 7) is 2.22.